The van der Waals surface area contributed by atoms with Crippen LogP contribution in [0.2, 0.25) is 0 Å². The van der Waals surface area contributed by atoms with Gasteiger partial charge in [-0.1, -0.05) is 54.6 Å². The molecule has 0 saturated carbocycles. The molecule has 1 aromatic heterocycles. The molecule has 2 heterocycles. The first kappa shape index (κ1) is 19.2. The summed E-state index contributed by atoms with van der Waals surface area (Å²) in [6, 6.07) is 18.9. The third kappa shape index (κ3) is 4.47. The molecule has 1 aliphatic heterocycles. The molecule has 0 fully saturated rings. The van der Waals surface area contributed by atoms with E-state index < -0.39 is 0 Å². The van der Waals surface area contributed by atoms with Gasteiger partial charge in [-0.2, -0.15) is 15.0 Å². The summed E-state index contributed by atoms with van der Waals surface area (Å²) in [6.45, 7) is 8.40. The lowest BCUT2D eigenvalue weighted by atomic mass is 10.0. The molecule has 0 spiro atoms. The van der Waals surface area contributed by atoms with Crippen molar-refractivity contribution in [3.8, 4) is 0 Å². The van der Waals surface area contributed by atoms with Gasteiger partial charge in [0.1, 0.15) is 0 Å². The minimum absolute atomic E-state index is 0.625. The Morgan fingerprint density at radius 3 is 2.38 bits per heavy atom. The zero-order valence-electron chi connectivity index (χ0n) is 17.2. The van der Waals surface area contributed by atoms with E-state index in [-0.39, 0.29) is 0 Å². The summed E-state index contributed by atoms with van der Waals surface area (Å²) in [5.74, 6) is 2.10. The van der Waals surface area contributed by atoms with Crippen LogP contribution in [-0.2, 0) is 19.5 Å². The Bertz CT molecular complexity index is 939. The molecule has 150 valence electrons. The van der Waals surface area contributed by atoms with Crippen LogP contribution in [0.15, 0.2) is 54.6 Å². The summed E-state index contributed by atoms with van der Waals surface area (Å²) in [7, 11) is 0. The second kappa shape index (κ2) is 8.90. The average molecular weight is 389 g/mol. The highest BCUT2D eigenvalue weighted by molar-refractivity contribution is 5.47. The Kier molecular flexibility index (Phi) is 5.89. The number of fused-ring (bicyclic) bond motifs is 1. The molecule has 0 atom stereocenters. The molecule has 6 nitrogen and oxygen atoms in total. The Balaban J connectivity index is 1.61. The molecule has 0 unspecified atom stereocenters. The van der Waals surface area contributed by atoms with Crippen LogP contribution >= 0.6 is 0 Å². The van der Waals surface area contributed by atoms with E-state index in [9.17, 15) is 0 Å². The summed E-state index contributed by atoms with van der Waals surface area (Å²) in [5.41, 5.74) is 3.97. The predicted molar refractivity (Wildman–Crippen MR) is 118 cm³/mol. The van der Waals surface area contributed by atoms with E-state index in [0.29, 0.717) is 12.5 Å². The molecule has 4 rings (SSSR count). The Morgan fingerprint density at radius 1 is 0.897 bits per heavy atom. The van der Waals surface area contributed by atoms with Gasteiger partial charge in [-0.05, 0) is 37.0 Å². The third-order valence-electron chi connectivity index (χ3n) is 5.37. The quantitative estimate of drug-likeness (QED) is 0.663. The van der Waals surface area contributed by atoms with Gasteiger partial charge in [0.25, 0.3) is 0 Å². The van der Waals surface area contributed by atoms with Crippen molar-refractivity contribution in [1.82, 2.24) is 15.0 Å². The van der Waals surface area contributed by atoms with Crippen LogP contribution in [0.3, 0.4) is 0 Å². The summed E-state index contributed by atoms with van der Waals surface area (Å²) in [6.07, 6.45) is 1.01. The van der Waals surface area contributed by atoms with Gasteiger partial charge in [-0.3, -0.25) is 0 Å². The highest BCUT2D eigenvalue weighted by Crippen LogP contribution is 2.24. The van der Waals surface area contributed by atoms with Crippen LogP contribution < -0.4 is 15.1 Å². The molecule has 0 aliphatic carbocycles. The lowest BCUT2D eigenvalue weighted by Gasteiger charge is -2.30. The van der Waals surface area contributed by atoms with Gasteiger partial charge >= 0.3 is 0 Å². The number of rotatable bonds is 7. The molecular weight excluding hydrogens is 360 g/mol. The van der Waals surface area contributed by atoms with Crippen molar-refractivity contribution in [3.05, 3.63) is 71.3 Å². The van der Waals surface area contributed by atoms with Gasteiger partial charge in [-0.15, -0.1) is 0 Å². The number of aromatic nitrogens is 3. The molecular formula is C23H28N6. The average Bonchev–Trinajstić information content (AvgIpc) is 2.79. The van der Waals surface area contributed by atoms with E-state index in [1.807, 2.05) is 18.2 Å². The summed E-state index contributed by atoms with van der Waals surface area (Å²) in [4.78, 5) is 18.7. The van der Waals surface area contributed by atoms with E-state index >= 15 is 0 Å². The topological polar surface area (TPSA) is 57.2 Å². The first-order valence-electron chi connectivity index (χ1n) is 10.4. The highest BCUT2D eigenvalue weighted by atomic mass is 15.4. The largest absolute Gasteiger partial charge is 0.350 e. The SMILES string of the molecule is CCN(CC)c1nc(NCc2ccccc2)nc(N2CCc3ccccc3C2)n1. The van der Waals surface area contributed by atoms with Crippen molar-refractivity contribution in [2.24, 2.45) is 0 Å². The molecule has 1 N–H and O–H groups in total. The third-order valence-corrected chi connectivity index (χ3v) is 5.37. The zero-order valence-corrected chi connectivity index (χ0v) is 17.2. The molecule has 2 aromatic carbocycles. The fourth-order valence-corrected chi connectivity index (χ4v) is 3.67. The Hall–Kier alpha value is -3.15. The van der Waals surface area contributed by atoms with Gasteiger partial charge < -0.3 is 15.1 Å². The molecule has 0 amide bonds. The second-order valence-electron chi connectivity index (χ2n) is 7.21. The van der Waals surface area contributed by atoms with Crippen molar-refractivity contribution >= 4 is 17.8 Å². The minimum atomic E-state index is 0.625. The van der Waals surface area contributed by atoms with Gasteiger partial charge in [0.05, 0.1) is 0 Å². The molecule has 3 aromatic rings. The maximum atomic E-state index is 4.82. The van der Waals surface area contributed by atoms with Crippen LogP contribution in [0.4, 0.5) is 17.8 Å². The van der Waals surface area contributed by atoms with Crippen molar-refractivity contribution in [1.29, 1.82) is 0 Å². The molecule has 0 saturated heterocycles. The minimum Gasteiger partial charge on any atom is -0.350 e. The van der Waals surface area contributed by atoms with Crippen molar-refractivity contribution in [3.63, 3.8) is 0 Å². The van der Waals surface area contributed by atoms with E-state index in [2.05, 4.69) is 65.4 Å². The van der Waals surface area contributed by atoms with Crippen LogP contribution in [0.5, 0.6) is 0 Å². The molecule has 0 bridgehead atoms. The lowest BCUT2D eigenvalue weighted by Crippen LogP contribution is -2.33. The van der Waals surface area contributed by atoms with Crippen molar-refractivity contribution < 1.29 is 0 Å². The number of benzene rings is 2. The number of anilines is 3. The summed E-state index contributed by atoms with van der Waals surface area (Å²) < 4.78 is 0. The van der Waals surface area contributed by atoms with Crippen LogP contribution in [0, 0.1) is 0 Å². The molecule has 0 radical (unpaired) electrons. The lowest BCUT2D eigenvalue weighted by molar-refractivity contribution is 0.699. The highest BCUT2D eigenvalue weighted by Gasteiger charge is 2.21. The van der Waals surface area contributed by atoms with Crippen molar-refractivity contribution in [2.45, 2.75) is 33.4 Å². The Morgan fingerprint density at radius 2 is 1.62 bits per heavy atom. The zero-order chi connectivity index (χ0) is 20.1. The van der Waals surface area contributed by atoms with Crippen LogP contribution in [-0.4, -0.2) is 34.6 Å². The fourth-order valence-electron chi connectivity index (χ4n) is 3.67. The molecule has 1 aliphatic rings. The van der Waals surface area contributed by atoms with Gasteiger partial charge in [0.2, 0.25) is 17.8 Å². The fraction of sp³-hybridized carbons (Fsp3) is 0.348. The normalized spacial score (nSPS) is 13.1. The number of hydrogen-bond acceptors (Lipinski definition) is 6. The van der Waals surface area contributed by atoms with Crippen molar-refractivity contribution in [2.75, 3.05) is 34.8 Å². The summed E-state index contributed by atoms with van der Waals surface area (Å²) in [5, 5.41) is 3.39. The first-order valence-corrected chi connectivity index (χ1v) is 10.4. The molecule has 6 heteroatoms. The van der Waals surface area contributed by atoms with Crippen LogP contribution in [0.1, 0.15) is 30.5 Å². The smallest absolute Gasteiger partial charge is 0.232 e. The monoisotopic (exact) mass is 388 g/mol. The molecule has 29 heavy (non-hydrogen) atoms. The number of nitrogens with one attached hydrogen (secondary N) is 1. The number of hydrogen-bond donors (Lipinski definition) is 1. The van der Waals surface area contributed by atoms with E-state index in [1.54, 1.807) is 0 Å². The standard InChI is InChI=1S/C23H28N6/c1-3-28(4-2)22-25-21(24-16-18-10-6-5-7-11-18)26-23(27-22)29-15-14-19-12-8-9-13-20(19)17-29/h5-13H,3-4,14-17H2,1-2H3,(H,24,25,26,27). The summed E-state index contributed by atoms with van der Waals surface area (Å²) >= 11 is 0. The van der Waals surface area contributed by atoms with Gasteiger partial charge in [-0.25, -0.2) is 0 Å². The van der Waals surface area contributed by atoms with Crippen LogP contribution in [0.25, 0.3) is 0 Å². The van der Waals surface area contributed by atoms with E-state index in [1.165, 1.54) is 16.7 Å². The maximum Gasteiger partial charge on any atom is 0.232 e. The number of nitrogens with zero attached hydrogens (tertiary/aromatic N) is 5. The Labute approximate surface area is 172 Å². The predicted octanol–water partition coefficient (Wildman–Crippen LogP) is 3.89. The second-order valence-corrected chi connectivity index (χ2v) is 7.21. The maximum absolute atomic E-state index is 4.82. The first-order chi connectivity index (χ1) is 14.3. The van der Waals surface area contributed by atoms with E-state index in [0.717, 1.165) is 44.5 Å². The van der Waals surface area contributed by atoms with Gasteiger partial charge in [0.15, 0.2) is 0 Å². The van der Waals surface area contributed by atoms with Gasteiger partial charge in [0, 0.05) is 32.7 Å². The van der Waals surface area contributed by atoms with E-state index in [4.69, 9.17) is 15.0 Å².